The highest BCUT2D eigenvalue weighted by molar-refractivity contribution is 7.10. The number of allylic oxidation sites excluding steroid dienone is 2. The van der Waals surface area contributed by atoms with Gasteiger partial charge < -0.3 is 10.1 Å². The van der Waals surface area contributed by atoms with Crippen molar-refractivity contribution in [3.05, 3.63) is 34.5 Å². The molecule has 1 aliphatic carbocycles. The Bertz CT molecular complexity index is 426. The van der Waals surface area contributed by atoms with Crippen LogP contribution in [0.1, 0.15) is 30.2 Å². The van der Waals surface area contributed by atoms with Gasteiger partial charge in [-0.3, -0.25) is 4.90 Å². The molecule has 1 saturated heterocycles. The van der Waals surface area contributed by atoms with E-state index in [9.17, 15) is 0 Å². The SMILES string of the molecule is C1=CCC(CNCC(c2cccs2)N2CCOCC2)CC1. The topological polar surface area (TPSA) is 24.5 Å². The quantitative estimate of drug-likeness (QED) is 0.818. The van der Waals surface area contributed by atoms with Crippen molar-refractivity contribution in [2.75, 3.05) is 39.4 Å². The fourth-order valence-corrected chi connectivity index (χ4v) is 4.11. The van der Waals surface area contributed by atoms with E-state index >= 15 is 0 Å². The summed E-state index contributed by atoms with van der Waals surface area (Å²) in [5.41, 5.74) is 0. The second-order valence-corrected chi connectivity index (χ2v) is 6.97. The molecule has 0 bridgehead atoms. The summed E-state index contributed by atoms with van der Waals surface area (Å²) in [6.45, 7) is 6.05. The number of hydrogen-bond acceptors (Lipinski definition) is 4. The van der Waals surface area contributed by atoms with Gasteiger partial charge in [0.2, 0.25) is 0 Å². The van der Waals surface area contributed by atoms with Gasteiger partial charge in [0.15, 0.2) is 0 Å². The van der Waals surface area contributed by atoms with Crippen molar-refractivity contribution in [3.8, 4) is 0 Å². The van der Waals surface area contributed by atoms with E-state index in [4.69, 9.17) is 4.74 Å². The lowest BCUT2D eigenvalue weighted by atomic mass is 9.94. The van der Waals surface area contributed by atoms with Crippen LogP contribution in [0.25, 0.3) is 0 Å². The zero-order valence-corrected chi connectivity index (χ0v) is 13.5. The molecule has 2 atom stereocenters. The summed E-state index contributed by atoms with van der Waals surface area (Å²) in [5, 5.41) is 5.92. The second-order valence-electron chi connectivity index (χ2n) is 5.99. The van der Waals surface area contributed by atoms with E-state index in [0.717, 1.165) is 45.3 Å². The van der Waals surface area contributed by atoms with Crippen molar-refractivity contribution in [2.45, 2.75) is 25.3 Å². The van der Waals surface area contributed by atoms with Crippen LogP contribution in [0.3, 0.4) is 0 Å². The maximum Gasteiger partial charge on any atom is 0.0594 e. The molecule has 2 unspecified atom stereocenters. The molecular formula is C17H26N2OS. The van der Waals surface area contributed by atoms with E-state index in [1.165, 1.54) is 24.1 Å². The normalized spacial score (nSPS) is 25.0. The summed E-state index contributed by atoms with van der Waals surface area (Å²) in [5.74, 6) is 0.823. The molecule has 116 valence electrons. The monoisotopic (exact) mass is 306 g/mol. The van der Waals surface area contributed by atoms with Gasteiger partial charge in [0, 0.05) is 24.5 Å². The molecule has 4 heteroatoms. The Morgan fingerprint density at radius 3 is 2.95 bits per heavy atom. The van der Waals surface area contributed by atoms with E-state index in [1.54, 1.807) is 0 Å². The standard InChI is InChI=1S/C17H26N2OS/c1-2-5-15(6-3-1)13-18-14-16(17-7-4-12-21-17)19-8-10-20-11-9-19/h1-2,4,7,12,15-16,18H,3,5-6,8-11,13-14H2. The zero-order valence-electron chi connectivity index (χ0n) is 12.7. The third kappa shape index (κ3) is 4.39. The van der Waals surface area contributed by atoms with Gasteiger partial charge in [-0.05, 0) is 43.2 Å². The van der Waals surface area contributed by atoms with Crippen molar-refractivity contribution in [3.63, 3.8) is 0 Å². The van der Waals surface area contributed by atoms with Gasteiger partial charge in [-0.15, -0.1) is 11.3 Å². The first kappa shape index (κ1) is 15.2. The molecule has 1 aliphatic heterocycles. The van der Waals surface area contributed by atoms with Gasteiger partial charge in [0.05, 0.1) is 19.3 Å². The Morgan fingerprint density at radius 1 is 1.33 bits per heavy atom. The van der Waals surface area contributed by atoms with Crippen LogP contribution in [-0.2, 0) is 4.74 Å². The van der Waals surface area contributed by atoms with Crippen LogP contribution >= 0.6 is 11.3 Å². The molecule has 3 nitrogen and oxygen atoms in total. The highest BCUT2D eigenvalue weighted by Gasteiger charge is 2.23. The first-order valence-electron chi connectivity index (χ1n) is 8.14. The minimum absolute atomic E-state index is 0.507. The summed E-state index contributed by atoms with van der Waals surface area (Å²) in [6, 6.07) is 4.95. The predicted octanol–water partition coefficient (Wildman–Crippen LogP) is 3.07. The Balaban J connectivity index is 1.53. The number of nitrogens with zero attached hydrogens (tertiary/aromatic N) is 1. The van der Waals surface area contributed by atoms with Gasteiger partial charge in [0.25, 0.3) is 0 Å². The lowest BCUT2D eigenvalue weighted by molar-refractivity contribution is 0.0167. The third-order valence-corrected chi connectivity index (χ3v) is 5.48. The fraction of sp³-hybridized carbons (Fsp3) is 0.647. The molecule has 2 aliphatic rings. The summed E-state index contributed by atoms with van der Waals surface area (Å²) in [7, 11) is 0. The average molecular weight is 306 g/mol. The minimum atomic E-state index is 0.507. The molecular weight excluding hydrogens is 280 g/mol. The van der Waals surface area contributed by atoms with E-state index in [1.807, 2.05) is 11.3 Å². The van der Waals surface area contributed by atoms with Gasteiger partial charge >= 0.3 is 0 Å². The lowest BCUT2D eigenvalue weighted by Gasteiger charge is -2.34. The van der Waals surface area contributed by atoms with Gasteiger partial charge in [-0.25, -0.2) is 0 Å². The number of rotatable bonds is 6. The molecule has 0 radical (unpaired) electrons. The van der Waals surface area contributed by atoms with Crippen LogP contribution in [0.4, 0.5) is 0 Å². The predicted molar refractivity (Wildman–Crippen MR) is 88.8 cm³/mol. The molecule has 1 aromatic heterocycles. The molecule has 21 heavy (non-hydrogen) atoms. The van der Waals surface area contributed by atoms with Crippen molar-refractivity contribution in [1.29, 1.82) is 0 Å². The van der Waals surface area contributed by atoms with Crippen LogP contribution in [0.2, 0.25) is 0 Å². The number of nitrogens with one attached hydrogen (secondary N) is 1. The summed E-state index contributed by atoms with van der Waals surface area (Å²) in [4.78, 5) is 4.05. The molecule has 0 spiro atoms. The van der Waals surface area contributed by atoms with E-state index in [2.05, 4.69) is 39.9 Å². The summed E-state index contributed by atoms with van der Waals surface area (Å²) in [6.07, 6.45) is 8.50. The molecule has 0 amide bonds. The van der Waals surface area contributed by atoms with Crippen LogP contribution in [0.15, 0.2) is 29.7 Å². The fourth-order valence-electron chi connectivity index (χ4n) is 3.25. The third-order valence-electron chi connectivity index (χ3n) is 4.51. The van der Waals surface area contributed by atoms with E-state index < -0.39 is 0 Å². The molecule has 2 heterocycles. The van der Waals surface area contributed by atoms with E-state index in [-0.39, 0.29) is 0 Å². The largest absolute Gasteiger partial charge is 0.379 e. The van der Waals surface area contributed by atoms with Gasteiger partial charge in [-0.1, -0.05) is 18.2 Å². The molecule has 0 saturated carbocycles. The smallest absolute Gasteiger partial charge is 0.0594 e. The molecule has 0 aromatic carbocycles. The van der Waals surface area contributed by atoms with Crippen LogP contribution < -0.4 is 5.32 Å². The highest BCUT2D eigenvalue weighted by atomic mass is 32.1. The first-order valence-corrected chi connectivity index (χ1v) is 9.02. The average Bonchev–Trinajstić information content (AvgIpc) is 3.07. The van der Waals surface area contributed by atoms with Gasteiger partial charge in [-0.2, -0.15) is 0 Å². The maximum atomic E-state index is 5.50. The molecule has 1 N–H and O–H groups in total. The Labute approximate surface area is 132 Å². The van der Waals surface area contributed by atoms with Crippen LogP contribution in [-0.4, -0.2) is 44.3 Å². The molecule has 1 fully saturated rings. The zero-order chi connectivity index (χ0) is 14.3. The Morgan fingerprint density at radius 2 is 2.24 bits per heavy atom. The van der Waals surface area contributed by atoms with E-state index in [0.29, 0.717) is 6.04 Å². The van der Waals surface area contributed by atoms with Crippen LogP contribution in [0, 0.1) is 5.92 Å². The van der Waals surface area contributed by atoms with Crippen molar-refractivity contribution in [1.82, 2.24) is 10.2 Å². The van der Waals surface area contributed by atoms with Crippen LogP contribution in [0.5, 0.6) is 0 Å². The number of ether oxygens (including phenoxy) is 1. The maximum absolute atomic E-state index is 5.50. The summed E-state index contributed by atoms with van der Waals surface area (Å²) >= 11 is 1.88. The minimum Gasteiger partial charge on any atom is -0.379 e. The van der Waals surface area contributed by atoms with Crippen molar-refractivity contribution >= 4 is 11.3 Å². The summed E-state index contributed by atoms with van der Waals surface area (Å²) < 4.78 is 5.50. The molecule has 1 aromatic rings. The Kier molecular flexibility index (Phi) is 5.86. The number of thiophene rings is 1. The number of hydrogen-bond donors (Lipinski definition) is 1. The van der Waals surface area contributed by atoms with Crippen molar-refractivity contribution in [2.24, 2.45) is 5.92 Å². The first-order chi connectivity index (χ1) is 10.4. The highest BCUT2D eigenvalue weighted by Crippen LogP contribution is 2.25. The Hall–Kier alpha value is -0.680. The number of morpholine rings is 1. The second kappa shape index (κ2) is 8.08. The lowest BCUT2D eigenvalue weighted by Crippen LogP contribution is -2.43. The van der Waals surface area contributed by atoms with Crippen molar-refractivity contribution < 1.29 is 4.74 Å². The molecule has 3 rings (SSSR count). The van der Waals surface area contributed by atoms with Gasteiger partial charge in [0.1, 0.15) is 0 Å².